The predicted octanol–water partition coefficient (Wildman–Crippen LogP) is 3.57. The van der Waals surface area contributed by atoms with Crippen molar-refractivity contribution in [3.63, 3.8) is 0 Å². The number of Topliss-reactive ketones (excluding diaryl/α,β-unsaturated/α-hetero) is 1. The maximum atomic E-state index is 12.9. The standard InChI is InChI=1S/C24H30O5/c1-22-7-4-15(25)10-14(22)11-17(21(27)28-3)20-18(22)5-8-23(2)19(20)6-9-24(23)12-16(26)13-29-24/h5,10,17,19-20H,4,6-9,11-13H2,1-3H3/t17-,19?,20?,22+,23+,24+/m1/s1. The minimum Gasteiger partial charge on any atom is -0.469 e. The van der Waals surface area contributed by atoms with Crippen LogP contribution in [-0.2, 0) is 23.9 Å². The number of methoxy groups -OCH3 is 1. The van der Waals surface area contributed by atoms with Crippen LogP contribution in [0, 0.1) is 28.6 Å². The minimum absolute atomic E-state index is 0.0928. The average Bonchev–Trinajstić information content (AvgIpc) is 3.22. The normalized spacial score (nSPS) is 46.0. The van der Waals surface area contributed by atoms with Crippen molar-refractivity contribution in [2.24, 2.45) is 28.6 Å². The second-order valence-corrected chi connectivity index (χ2v) is 10.3. The predicted molar refractivity (Wildman–Crippen MR) is 106 cm³/mol. The summed E-state index contributed by atoms with van der Waals surface area (Å²) in [6.45, 7) is 4.74. The lowest BCUT2D eigenvalue weighted by molar-refractivity contribution is -0.151. The highest BCUT2D eigenvalue weighted by Crippen LogP contribution is 2.68. The Morgan fingerprint density at radius 3 is 2.72 bits per heavy atom. The minimum atomic E-state index is -0.392. The van der Waals surface area contributed by atoms with E-state index in [1.807, 2.05) is 0 Å². The summed E-state index contributed by atoms with van der Waals surface area (Å²) in [6.07, 6.45) is 9.30. The molecule has 0 bridgehead atoms. The first kappa shape index (κ1) is 19.2. The Bertz CT molecular complexity index is 868. The van der Waals surface area contributed by atoms with E-state index in [4.69, 9.17) is 9.47 Å². The van der Waals surface area contributed by atoms with Gasteiger partial charge in [0.2, 0.25) is 0 Å². The maximum Gasteiger partial charge on any atom is 0.309 e. The highest BCUT2D eigenvalue weighted by atomic mass is 16.5. The van der Waals surface area contributed by atoms with Crippen molar-refractivity contribution in [3.05, 3.63) is 23.3 Å². The number of ketones is 2. The molecule has 1 spiro atoms. The molecule has 0 N–H and O–H groups in total. The van der Waals surface area contributed by atoms with E-state index in [2.05, 4.69) is 19.9 Å². The van der Waals surface area contributed by atoms with E-state index >= 15 is 0 Å². The van der Waals surface area contributed by atoms with E-state index in [0.717, 1.165) is 31.3 Å². The van der Waals surface area contributed by atoms with E-state index in [1.54, 1.807) is 6.08 Å². The Morgan fingerprint density at radius 1 is 1.24 bits per heavy atom. The number of esters is 1. The molecule has 0 aromatic carbocycles. The Hall–Kier alpha value is -1.75. The number of hydrogen-bond acceptors (Lipinski definition) is 5. The zero-order valence-corrected chi connectivity index (χ0v) is 17.6. The van der Waals surface area contributed by atoms with Crippen molar-refractivity contribution in [2.75, 3.05) is 13.7 Å². The van der Waals surface area contributed by atoms with Crippen LogP contribution in [0.3, 0.4) is 0 Å². The number of allylic oxidation sites excluding steroid dienone is 4. The molecule has 0 radical (unpaired) electrons. The van der Waals surface area contributed by atoms with Crippen LogP contribution in [0.5, 0.6) is 0 Å². The summed E-state index contributed by atoms with van der Waals surface area (Å²) in [6, 6.07) is 0. The van der Waals surface area contributed by atoms with E-state index < -0.39 is 5.60 Å². The van der Waals surface area contributed by atoms with Crippen molar-refractivity contribution < 1.29 is 23.9 Å². The van der Waals surface area contributed by atoms with E-state index in [-0.39, 0.29) is 52.7 Å². The molecule has 5 heteroatoms. The van der Waals surface area contributed by atoms with E-state index in [9.17, 15) is 14.4 Å². The van der Waals surface area contributed by atoms with Gasteiger partial charge in [0.1, 0.15) is 6.61 Å². The molecule has 156 valence electrons. The van der Waals surface area contributed by atoms with Gasteiger partial charge in [0.15, 0.2) is 11.6 Å². The molecular weight excluding hydrogens is 368 g/mol. The molecule has 0 aromatic rings. The topological polar surface area (TPSA) is 69.7 Å². The lowest BCUT2D eigenvalue weighted by Crippen LogP contribution is -2.53. The molecule has 1 heterocycles. The summed E-state index contributed by atoms with van der Waals surface area (Å²) in [4.78, 5) is 37.2. The van der Waals surface area contributed by atoms with Crippen molar-refractivity contribution >= 4 is 17.5 Å². The van der Waals surface area contributed by atoms with Crippen LogP contribution >= 0.6 is 0 Å². The third-order valence-electron chi connectivity index (χ3n) is 9.18. The second kappa shape index (κ2) is 6.13. The van der Waals surface area contributed by atoms with Crippen LogP contribution in [-0.4, -0.2) is 36.9 Å². The Morgan fingerprint density at radius 2 is 2.03 bits per heavy atom. The maximum absolute atomic E-state index is 12.9. The molecule has 5 rings (SSSR count). The molecule has 3 fully saturated rings. The molecule has 1 aliphatic heterocycles. The summed E-state index contributed by atoms with van der Waals surface area (Å²) >= 11 is 0. The summed E-state index contributed by atoms with van der Waals surface area (Å²) in [5.74, 6) is 0.281. The number of hydrogen-bond donors (Lipinski definition) is 0. The summed E-state index contributed by atoms with van der Waals surface area (Å²) in [5, 5.41) is 0. The van der Waals surface area contributed by atoms with Gasteiger partial charge in [-0.3, -0.25) is 14.4 Å². The van der Waals surface area contributed by atoms with Gasteiger partial charge in [-0.1, -0.05) is 31.1 Å². The molecule has 4 aliphatic carbocycles. The van der Waals surface area contributed by atoms with Crippen LogP contribution in [0.1, 0.15) is 58.8 Å². The van der Waals surface area contributed by atoms with Gasteiger partial charge < -0.3 is 9.47 Å². The number of carbonyl (C=O) groups is 3. The van der Waals surface area contributed by atoms with Gasteiger partial charge in [0.05, 0.1) is 18.6 Å². The molecular formula is C24H30O5. The van der Waals surface area contributed by atoms with Gasteiger partial charge in [0.25, 0.3) is 0 Å². The Kier molecular flexibility index (Phi) is 4.06. The van der Waals surface area contributed by atoms with Crippen LogP contribution in [0.2, 0.25) is 0 Å². The average molecular weight is 398 g/mol. The number of rotatable bonds is 1. The molecule has 0 aromatic heterocycles. The second-order valence-electron chi connectivity index (χ2n) is 10.3. The number of ether oxygens (including phenoxy) is 2. The monoisotopic (exact) mass is 398 g/mol. The van der Waals surface area contributed by atoms with Crippen molar-refractivity contribution in [2.45, 2.75) is 64.4 Å². The lowest BCUT2D eigenvalue weighted by atomic mass is 9.48. The van der Waals surface area contributed by atoms with Crippen molar-refractivity contribution in [1.29, 1.82) is 0 Å². The quantitative estimate of drug-likeness (QED) is 0.499. The zero-order chi connectivity index (χ0) is 20.6. The zero-order valence-electron chi connectivity index (χ0n) is 17.6. The third-order valence-corrected chi connectivity index (χ3v) is 9.18. The molecule has 5 nitrogen and oxygen atoms in total. The van der Waals surface area contributed by atoms with Crippen molar-refractivity contribution in [1.82, 2.24) is 0 Å². The highest BCUT2D eigenvalue weighted by Gasteiger charge is 2.66. The largest absolute Gasteiger partial charge is 0.469 e. The van der Waals surface area contributed by atoms with Gasteiger partial charge in [-0.15, -0.1) is 0 Å². The smallest absolute Gasteiger partial charge is 0.309 e. The van der Waals surface area contributed by atoms with Crippen LogP contribution in [0.4, 0.5) is 0 Å². The molecule has 2 unspecified atom stereocenters. The number of carbonyl (C=O) groups excluding carboxylic acids is 3. The van der Waals surface area contributed by atoms with Gasteiger partial charge in [-0.05, 0) is 50.0 Å². The van der Waals surface area contributed by atoms with Crippen LogP contribution < -0.4 is 0 Å². The first-order valence-corrected chi connectivity index (χ1v) is 10.9. The summed E-state index contributed by atoms with van der Waals surface area (Å²) in [7, 11) is 1.46. The summed E-state index contributed by atoms with van der Waals surface area (Å²) < 4.78 is 11.4. The van der Waals surface area contributed by atoms with Crippen LogP contribution in [0.25, 0.3) is 0 Å². The van der Waals surface area contributed by atoms with Crippen molar-refractivity contribution in [3.8, 4) is 0 Å². The van der Waals surface area contributed by atoms with E-state index in [1.165, 1.54) is 12.7 Å². The molecule has 0 amide bonds. The first-order chi connectivity index (χ1) is 13.7. The molecule has 6 atom stereocenters. The number of fused-ring (bicyclic) bond motifs is 6. The fourth-order valence-corrected chi connectivity index (χ4v) is 7.49. The highest BCUT2D eigenvalue weighted by molar-refractivity contribution is 5.92. The Balaban J connectivity index is 1.63. The Labute approximate surface area is 171 Å². The van der Waals surface area contributed by atoms with Gasteiger partial charge in [-0.2, -0.15) is 0 Å². The fourth-order valence-electron chi connectivity index (χ4n) is 7.49. The third kappa shape index (κ3) is 2.40. The first-order valence-electron chi connectivity index (χ1n) is 10.9. The van der Waals surface area contributed by atoms with Gasteiger partial charge in [0, 0.05) is 23.7 Å². The SMILES string of the molecule is COC(=O)[C@@H]1CC2=CC(=O)CC[C@]2(C)C2=CC[C@@]3(C)C(CC[C@]34CC(=O)CO4)C21. The van der Waals surface area contributed by atoms with Gasteiger partial charge >= 0.3 is 5.97 Å². The molecule has 29 heavy (non-hydrogen) atoms. The van der Waals surface area contributed by atoms with Crippen LogP contribution in [0.15, 0.2) is 23.3 Å². The van der Waals surface area contributed by atoms with Gasteiger partial charge in [-0.25, -0.2) is 0 Å². The fraction of sp³-hybridized carbons (Fsp3) is 0.708. The summed E-state index contributed by atoms with van der Waals surface area (Å²) in [5.41, 5.74) is 1.72. The molecule has 2 saturated carbocycles. The molecule has 5 aliphatic rings. The lowest BCUT2D eigenvalue weighted by Gasteiger charge is -2.56. The molecule has 1 saturated heterocycles. The van der Waals surface area contributed by atoms with E-state index in [0.29, 0.717) is 19.3 Å².